The molecule has 0 aliphatic carbocycles. The maximum atomic E-state index is 13.6. The van der Waals surface area contributed by atoms with E-state index in [4.69, 9.17) is 0 Å². The Bertz CT molecular complexity index is 674. The van der Waals surface area contributed by atoms with E-state index in [1.54, 1.807) is 0 Å². The zero-order valence-electron chi connectivity index (χ0n) is 11.2. The molecule has 6 heteroatoms. The van der Waals surface area contributed by atoms with Crippen molar-refractivity contribution >= 4 is 17.3 Å². The van der Waals surface area contributed by atoms with Crippen LogP contribution in [0.25, 0.3) is 0 Å². The highest BCUT2D eigenvalue weighted by molar-refractivity contribution is 5.89. The molecule has 0 saturated carbocycles. The van der Waals surface area contributed by atoms with E-state index in [1.807, 2.05) is 0 Å². The highest BCUT2D eigenvalue weighted by atomic mass is 19.2. The number of amides is 1. The van der Waals surface area contributed by atoms with E-state index >= 15 is 0 Å². The van der Waals surface area contributed by atoms with E-state index in [9.17, 15) is 18.0 Å². The molecule has 0 atom stereocenters. The van der Waals surface area contributed by atoms with E-state index < -0.39 is 17.5 Å². The number of nitrogens with one attached hydrogen (secondary N) is 2. The summed E-state index contributed by atoms with van der Waals surface area (Å²) in [5.74, 6) is -2.67. The summed E-state index contributed by atoms with van der Waals surface area (Å²) < 4.78 is 39.5. The number of carbonyl (C=O) groups excluding carboxylic acids is 1. The Morgan fingerprint density at radius 1 is 1.00 bits per heavy atom. The van der Waals surface area contributed by atoms with Crippen LogP contribution < -0.4 is 10.6 Å². The maximum absolute atomic E-state index is 13.6. The van der Waals surface area contributed by atoms with Crippen LogP contribution in [0, 0.1) is 17.5 Å². The van der Waals surface area contributed by atoms with Gasteiger partial charge in [-0.2, -0.15) is 0 Å². The molecule has 0 saturated heterocycles. The van der Waals surface area contributed by atoms with Crippen LogP contribution in [-0.4, -0.2) is 5.91 Å². The molecule has 0 aromatic heterocycles. The first-order chi connectivity index (χ1) is 9.95. The average molecular weight is 294 g/mol. The van der Waals surface area contributed by atoms with Crippen molar-refractivity contribution in [3.63, 3.8) is 0 Å². The Morgan fingerprint density at radius 2 is 1.71 bits per heavy atom. The van der Waals surface area contributed by atoms with Gasteiger partial charge in [0, 0.05) is 19.2 Å². The van der Waals surface area contributed by atoms with Crippen LogP contribution in [0.2, 0.25) is 0 Å². The van der Waals surface area contributed by atoms with Gasteiger partial charge in [-0.25, -0.2) is 13.2 Å². The van der Waals surface area contributed by atoms with Gasteiger partial charge in [0.15, 0.2) is 11.6 Å². The molecule has 1 amide bonds. The van der Waals surface area contributed by atoms with Crippen LogP contribution in [0.4, 0.5) is 24.5 Å². The Labute approximate surface area is 119 Å². The van der Waals surface area contributed by atoms with Crippen molar-refractivity contribution in [2.75, 3.05) is 10.6 Å². The molecule has 21 heavy (non-hydrogen) atoms. The van der Waals surface area contributed by atoms with E-state index in [2.05, 4.69) is 10.6 Å². The lowest BCUT2D eigenvalue weighted by Crippen LogP contribution is -2.07. The van der Waals surface area contributed by atoms with Crippen LogP contribution in [0.3, 0.4) is 0 Å². The lowest BCUT2D eigenvalue weighted by molar-refractivity contribution is -0.114. The molecule has 0 aliphatic heterocycles. The molecule has 0 aliphatic rings. The molecule has 2 N–H and O–H groups in total. The lowest BCUT2D eigenvalue weighted by atomic mass is 10.2. The van der Waals surface area contributed by atoms with Crippen molar-refractivity contribution < 1.29 is 18.0 Å². The predicted molar refractivity (Wildman–Crippen MR) is 74.4 cm³/mol. The molecule has 2 aromatic rings. The third kappa shape index (κ3) is 3.98. The number of anilines is 2. The largest absolute Gasteiger partial charge is 0.379 e. The monoisotopic (exact) mass is 294 g/mol. The van der Waals surface area contributed by atoms with Gasteiger partial charge in [0.25, 0.3) is 0 Å². The van der Waals surface area contributed by atoms with Gasteiger partial charge in [-0.3, -0.25) is 4.79 Å². The summed E-state index contributed by atoms with van der Waals surface area (Å²) in [7, 11) is 0. The first-order valence-corrected chi connectivity index (χ1v) is 6.20. The van der Waals surface area contributed by atoms with Crippen LogP contribution in [0.1, 0.15) is 12.5 Å². The molecular weight excluding hydrogens is 281 g/mol. The normalized spacial score (nSPS) is 10.3. The summed E-state index contributed by atoms with van der Waals surface area (Å²) in [5.41, 5.74) is 1.07. The van der Waals surface area contributed by atoms with Crippen LogP contribution in [0.5, 0.6) is 0 Å². The molecule has 2 aromatic carbocycles. The second-order valence-electron chi connectivity index (χ2n) is 4.48. The van der Waals surface area contributed by atoms with E-state index in [0.29, 0.717) is 11.3 Å². The van der Waals surface area contributed by atoms with Gasteiger partial charge in [0.05, 0.1) is 5.69 Å². The predicted octanol–water partition coefficient (Wildman–Crippen LogP) is 3.67. The zero-order valence-corrected chi connectivity index (χ0v) is 11.2. The number of hydrogen-bond donors (Lipinski definition) is 2. The Balaban J connectivity index is 2.11. The summed E-state index contributed by atoms with van der Waals surface area (Å²) >= 11 is 0. The fourth-order valence-electron chi connectivity index (χ4n) is 1.79. The summed E-state index contributed by atoms with van der Waals surface area (Å²) in [6.45, 7) is 1.47. The smallest absolute Gasteiger partial charge is 0.221 e. The van der Waals surface area contributed by atoms with Gasteiger partial charge in [-0.1, -0.05) is 6.07 Å². The summed E-state index contributed by atoms with van der Waals surface area (Å²) in [6.07, 6.45) is 0. The molecule has 0 heterocycles. The van der Waals surface area contributed by atoms with Gasteiger partial charge >= 0.3 is 0 Å². The minimum atomic E-state index is -0.957. The lowest BCUT2D eigenvalue weighted by Gasteiger charge is -2.10. The van der Waals surface area contributed by atoms with Gasteiger partial charge in [0.1, 0.15) is 5.82 Å². The second-order valence-corrected chi connectivity index (χ2v) is 4.48. The third-order valence-corrected chi connectivity index (χ3v) is 2.75. The second kappa shape index (κ2) is 6.30. The Kier molecular flexibility index (Phi) is 4.47. The SMILES string of the molecule is CC(=O)Nc1ccc(F)c(NCc2ccc(F)c(F)c2)c1. The number of halogens is 3. The standard InChI is InChI=1S/C15H13F3N2O/c1-9(21)20-11-3-5-13(17)15(7-11)19-8-10-2-4-12(16)14(18)6-10/h2-7,19H,8H2,1H3,(H,20,21). The Hall–Kier alpha value is -2.50. The molecule has 110 valence electrons. The van der Waals surface area contributed by atoms with Crippen molar-refractivity contribution in [3.05, 3.63) is 59.4 Å². The van der Waals surface area contributed by atoms with Crippen molar-refractivity contribution in [1.29, 1.82) is 0 Å². The van der Waals surface area contributed by atoms with Gasteiger partial charge in [0.2, 0.25) is 5.91 Å². The Morgan fingerprint density at radius 3 is 2.38 bits per heavy atom. The summed E-state index contributed by atoms with van der Waals surface area (Å²) in [6, 6.07) is 7.52. The minimum Gasteiger partial charge on any atom is -0.379 e. The molecule has 2 rings (SSSR count). The van der Waals surface area contributed by atoms with E-state index in [1.165, 1.54) is 31.2 Å². The van der Waals surface area contributed by atoms with Crippen molar-refractivity contribution in [2.24, 2.45) is 0 Å². The fraction of sp³-hybridized carbons (Fsp3) is 0.133. The first-order valence-electron chi connectivity index (χ1n) is 6.20. The van der Waals surface area contributed by atoms with Crippen LogP contribution in [-0.2, 0) is 11.3 Å². The first kappa shape index (κ1) is 14.9. The topological polar surface area (TPSA) is 41.1 Å². The number of hydrogen-bond acceptors (Lipinski definition) is 2. The average Bonchev–Trinajstić information content (AvgIpc) is 2.42. The summed E-state index contributed by atoms with van der Waals surface area (Å²) in [4.78, 5) is 11.0. The molecule has 0 spiro atoms. The van der Waals surface area contributed by atoms with Crippen LogP contribution >= 0.6 is 0 Å². The van der Waals surface area contributed by atoms with Crippen molar-refractivity contribution in [1.82, 2.24) is 0 Å². The van der Waals surface area contributed by atoms with Gasteiger partial charge < -0.3 is 10.6 Å². The maximum Gasteiger partial charge on any atom is 0.221 e. The quantitative estimate of drug-likeness (QED) is 0.903. The van der Waals surface area contributed by atoms with Gasteiger partial charge in [-0.05, 0) is 35.9 Å². The van der Waals surface area contributed by atoms with Crippen LogP contribution in [0.15, 0.2) is 36.4 Å². The summed E-state index contributed by atoms with van der Waals surface area (Å²) in [5, 5.41) is 5.31. The number of carbonyl (C=O) groups is 1. The molecule has 0 bridgehead atoms. The minimum absolute atomic E-state index is 0.123. The van der Waals surface area contributed by atoms with Gasteiger partial charge in [-0.15, -0.1) is 0 Å². The number of benzene rings is 2. The highest BCUT2D eigenvalue weighted by Gasteiger charge is 2.06. The zero-order chi connectivity index (χ0) is 15.4. The fourth-order valence-corrected chi connectivity index (χ4v) is 1.79. The number of rotatable bonds is 4. The van der Waals surface area contributed by atoms with Crippen molar-refractivity contribution in [3.8, 4) is 0 Å². The van der Waals surface area contributed by atoms with E-state index in [-0.39, 0.29) is 18.1 Å². The molecule has 0 radical (unpaired) electrons. The highest BCUT2D eigenvalue weighted by Crippen LogP contribution is 2.20. The molecule has 3 nitrogen and oxygen atoms in total. The van der Waals surface area contributed by atoms with E-state index in [0.717, 1.165) is 12.1 Å². The molecule has 0 fully saturated rings. The molecular formula is C15H13F3N2O. The van der Waals surface area contributed by atoms with Crippen molar-refractivity contribution in [2.45, 2.75) is 13.5 Å². The third-order valence-electron chi connectivity index (χ3n) is 2.75. The molecule has 0 unspecified atom stereocenters.